The fraction of sp³-hybridized carbons (Fsp3) is 0.500. The van der Waals surface area contributed by atoms with Crippen LogP contribution in [0.4, 0.5) is 0 Å². The highest BCUT2D eigenvalue weighted by molar-refractivity contribution is 7.11. The molecule has 20 heavy (non-hydrogen) atoms. The number of aromatic nitrogens is 3. The van der Waals surface area contributed by atoms with Crippen LogP contribution in [-0.4, -0.2) is 21.1 Å². The van der Waals surface area contributed by atoms with E-state index in [1.807, 2.05) is 6.92 Å². The topological polar surface area (TPSA) is 70.7 Å². The molecule has 0 atom stereocenters. The normalized spacial score (nSPS) is 13.5. The molecule has 2 aromatic heterocycles. The second kappa shape index (κ2) is 5.36. The van der Waals surface area contributed by atoms with Crippen molar-refractivity contribution in [1.29, 1.82) is 0 Å². The molecule has 1 aliphatic rings. The molecule has 2 N–H and O–H groups in total. The van der Waals surface area contributed by atoms with Crippen LogP contribution in [0.25, 0.3) is 0 Å². The highest BCUT2D eigenvalue weighted by Crippen LogP contribution is 2.23. The van der Waals surface area contributed by atoms with E-state index in [1.165, 1.54) is 0 Å². The summed E-state index contributed by atoms with van der Waals surface area (Å²) in [4.78, 5) is 17.8. The van der Waals surface area contributed by atoms with Crippen molar-refractivity contribution in [3.63, 3.8) is 0 Å². The van der Waals surface area contributed by atoms with Crippen LogP contribution in [0.3, 0.4) is 0 Å². The summed E-state index contributed by atoms with van der Waals surface area (Å²) in [5.74, 6) is -0.0877. The van der Waals surface area contributed by atoms with E-state index in [1.54, 1.807) is 11.3 Å². The summed E-state index contributed by atoms with van der Waals surface area (Å²) in [5.41, 5.74) is 3.80. The van der Waals surface area contributed by atoms with Gasteiger partial charge >= 0.3 is 0 Å². The summed E-state index contributed by atoms with van der Waals surface area (Å²) in [5, 5.41) is 11.2. The molecule has 5 nitrogen and oxygen atoms in total. The molecule has 0 radical (unpaired) electrons. The molecule has 0 bridgehead atoms. The van der Waals surface area contributed by atoms with Gasteiger partial charge in [-0.2, -0.15) is 5.10 Å². The second-order valence-electron chi connectivity index (χ2n) is 5.04. The highest BCUT2D eigenvalue weighted by atomic mass is 32.1. The maximum Gasteiger partial charge on any atom is 0.272 e. The third-order valence-corrected chi connectivity index (χ3v) is 4.97. The van der Waals surface area contributed by atoms with E-state index in [-0.39, 0.29) is 5.91 Å². The van der Waals surface area contributed by atoms with Crippen molar-refractivity contribution in [2.75, 3.05) is 0 Å². The molecule has 0 saturated carbocycles. The fourth-order valence-corrected chi connectivity index (χ4v) is 3.50. The molecule has 0 saturated heterocycles. The van der Waals surface area contributed by atoms with E-state index in [4.69, 9.17) is 0 Å². The molecule has 2 heterocycles. The van der Waals surface area contributed by atoms with E-state index in [2.05, 4.69) is 27.4 Å². The first-order valence-corrected chi connectivity index (χ1v) is 7.80. The predicted molar refractivity (Wildman–Crippen MR) is 78.0 cm³/mol. The molecule has 0 fully saturated rings. The number of hydrogen-bond acceptors (Lipinski definition) is 4. The maximum atomic E-state index is 12.2. The minimum atomic E-state index is -0.0877. The number of nitrogens with one attached hydrogen (secondary N) is 2. The summed E-state index contributed by atoms with van der Waals surface area (Å²) in [7, 11) is 0. The Morgan fingerprint density at radius 2 is 2.30 bits per heavy atom. The van der Waals surface area contributed by atoms with Crippen molar-refractivity contribution in [3.8, 4) is 0 Å². The Bertz CT molecular complexity index is 644. The lowest BCUT2D eigenvalue weighted by Gasteiger charge is -2.03. The first kappa shape index (κ1) is 13.3. The summed E-state index contributed by atoms with van der Waals surface area (Å²) in [6.07, 6.45) is 4.00. The van der Waals surface area contributed by atoms with Gasteiger partial charge < -0.3 is 5.32 Å². The number of fused-ring (bicyclic) bond motifs is 1. The minimum Gasteiger partial charge on any atom is -0.346 e. The zero-order chi connectivity index (χ0) is 14.1. The van der Waals surface area contributed by atoms with E-state index in [0.717, 1.165) is 52.5 Å². The molecule has 0 aliphatic heterocycles. The lowest BCUT2D eigenvalue weighted by molar-refractivity contribution is 0.0945. The molecule has 1 aliphatic carbocycles. The molecule has 2 aromatic rings. The van der Waals surface area contributed by atoms with Crippen molar-refractivity contribution in [1.82, 2.24) is 20.5 Å². The van der Waals surface area contributed by atoms with Crippen LogP contribution in [0, 0.1) is 6.92 Å². The Hall–Kier alpha value is -1.69. The van der Waals surface area contributed by atoms with Crippen LogP contribution in [-0.2, 0) is 25.8 Å². The summed E-state index contributed by atoms with van der Waals surface area (Å²) >= 11 is 1.67. The van der Waals surface area contributed by atoms with E-state index in [0.29, 0.717) is 12.2 Å². The lowest BCUT2D eigenvalue weighted by atomic mass is 10.2. The molecule has 1 amide bonds. The van der Waals surface area contributed by atoms with E-state index >= 15 is 0 Å². The third kappa shape index (κ3) is 2.35. The quantitative estimate of drug-likeness (QED) is 0.906. The van der Waals surface area contributed by atoms with Crippen molar-refractivity contribution in [2.24, 2.45) is 0 Å². The monoisotopic (exact) mass is 290 g/mol. The number of hydrogen-bond donors (Lipinski definition) is 2. The van der Waals surface area contributed by atoms with Crippen LogP contribution in [0.5, 0.6) is 0 Å². The van der Waals surface area contributed by atoms with Crippen LogP contribution in [0.1, 0.15) is 50.7 Å². The van der Waals surface area contributed by atoms with Gasteiger partial charge in [0.2, 0.25) is 0 Å². The van der Waals surface area contributed by atoms with Gasteiger partial charge in [-0.25, -0.2) is 4.98 Å². The van der Waals surface area contributed by atoms with Crippen molar-refractivity contribution >= 4 is 17.2 Å². The number of aryl methyl sites for hydroxylation is 3. The van der Waals surface area contributed by atoms with Gasteiger partial charge in [0.1, 0.15) is 0 Å². The molecule has 0 aromatic carbocycles. The number of H-pyrrole nitrogens is 1. The Morgan fingerprint density at radius 1 is 1.45 bits per heavy atom. The number of amides is 1. The zero-order valence-corrected chi connectivity index (χ0v) is 12.6. The van der Waals surface area contributed by atoms with Crippen LogP contribution in [0.2, 0.25) is 0 Å². The SMILES string of the molecule is CCc1nc(C)c(CNC(=O)c2n[nH]c3c2CCC3)s1. The van der Waals surface area contributed by atoms with Crippen molar-refractivity contribution in [3.05, 3.63) is 32.5 Å². The van der Waals surface area contributed by atoms with Gasteiger partial charge in [-0.3, -0.25) is 9.89 Å². The summed E-state index contributed by atoms with van der Waals surface area (Å²) in [6, 6.07) is 0. The Balaban J connectivity index is 1.68. The average Bonchev–Trinajstić information content (AvgIpc) is 3.10. The minimum absolute atomic E-state index is 0.0877. The second-order valence-corrected chi connectivity index (χ2v) is 6.20. The number of thiazole rings is 1. The smallest absolute Gasteiger partial charge is 0.272 e. The first-order chi connectivity index (χ1) is 9.69. The fourth-order valence-electron chi connectivity index (χ4n) is 2.55. The van der Waals surface area contributed by atoms with Crippen molar-refractivity contribution in [2.45, 2.75) is 46.1 Å². The third-order valence-electron chi connectivity index (χ3n) is 3.67. The van der Waals surface area contributed by atoms with Crippen LogP contribution in [0.15, 0.2) is 0 Å². The molecule has 0 unspecified atom stereocenters. The lowest BCUT2D eigenvalue weighted by Crippen LogP contribution is -2.24. The number of carbonyl (C=O) groups is 1. The Morgan fingerprint density at radius 3 is 3.05 bits per heavy atom. The number of rotatable bonds is 4. The molecular weight excluding hydrogens is 272 g/mol. The van der Waals surface area contributed by atoms with Crippen LogP contribution >= 0.6 is 11.3 Å². The van der Waals surface area contributed by atoms with Gasteiger partial charge in [0.05, 0.1) is 17.2 Å². The Kier molecular flexibility index (Phi) is 3.56. The van der Waals surface area contributed by atoms with Gasteiger partial charge in [0.25, 0.3) is 5.91 Å². The number of carbonyl (C=O) groups excluding carboxylic acids is 1. The number of aromatic amines is 1. The van der Waals surface area contributed by atoms with Gasteiger partial charge in [-0.05, 0) is 32.6 Å². The van der Waals surface area contributed by atoms with Gasteiger partial charge in [0.15, 0.2) is 5.69 Å². The maximum absolute atomic E-state index is 12.2. The van der Waals surface area contributed by atoms with Gasteiger partial charge in [-0.1, -0.05) is 6.92 Å². The van der Waals surface area contributed by atoms with E-state index in [9.17, 15) is 4.79 Å². The zero-order valence-electron chi connectivity index (χ0n) is 11.7. The first-order valence-electron chi connectivity index (χ1n) is 6.98. The van der Waals surface area contributed by atoms with Crippen molar-refractivity contribution < 1.29 is 4.79 Å². The van der Waals surface area contributed by atoms with Gasteiger partial charge in [0, 0.05) is 16.1 Å². The molecule has 3 rings (SSSR count). The summed E-state index contributed by atoms with van der Waals surface area (Å²) < 4.78 is 0. The largest absolute Gasteiger partial charge is 0.346 e. The molecule has 106 valence electrons. The molecule has 6 heteroatoms. The predicted octanol–water partition coefficient (Wildman–Crippen LogP) is 2.16. The van der Waals surface area contributed by atoms with Gasteiger partial charge in [-0.15, -0.1) is 11.3 Å². The van der Waals surface area contributed by atoms with E-state index < -0.39 is 0 Å². The summed E-state index contributed by atoms with van der Waals surface area (Å²) in [6.45, 7) is 4.61. The number of nitrogens with zero attached hydrogens (tertiary/aromatic N) is 2. The average molecular weight is 290 g/mol. The molecule has 0 spiro atoms. The standard InChI is InChI=1S/C14H18N4OS/c1-3-12-16-8(2)11(20-12)7-15-14(19)13-9-5-4-6-10(9)17-18-13/h3-7H2,1-2H3,(H,15,19)(H,17,18). The van der Waals surface area contributed by atoms with Crippen LogP contribution < -0.4 is 5.32 Å². The molecular formula is C14H18N4OS. The Labute approximate surface area is 121 Å². The highest BCUT2D eigenvalue weighted by Gasteiger charge is 2.23.